The fourth-order valence-electron chi connectivity index (χ4n) is 2.67. The number of anilines is 2. The molecule has 1 amide bonds. The van der Waals surface area contributed by atoms with Crippen molar-refractivity contribution < 1.29 is 13.2 Å². The summed E-state index contributed by atoms with van der Waals surface area (Å²) in [5.74, 6) is 0.933. The van der Waals surface area contributed by atoms with E-state index in [-0.39, 0.29) is 16.7 Å². The van der Waals surface area contributed by atoms with Crippen LogP contribution in [0.15, 0.2) is 47.5 Å². The van der Waals surface area contributed by atoms with E-state index in [4.69, 9.17) is 5.14 Å². The molecule has 0 bridgehead atoms. The van der Waals surface area contributed by atoms with Crippen molar-refractivity contribution in [3.8, 4) is 0 Å². The maximum Gasteiger partial charge on any atom is 0.238 e. The lowest BCUT2D eigenvalue weighted by Crippen LogP contribution is -2.28. The van der Waals surface area contributed by atoms with Crippen molar-refractivity contribution in [2.45, 2.75) is 30.6 Å². The van der Waals surface area contributed by atoms with Crippen LogP contribution in [-0.4, -0.2) is 25.9 Å². The molecular formula is C18H22N4O3S. The first kappa shape index (κ1) is 18.3. The van der Waals surface area contributed by atoms with Crippen LogP contribution in [-0.2, 0) is 21.2 Å². The Labute approximate surface area is 153 Å². The van der Waals surface area contributed by atoms with E-state index < -0.39 is 10.0 Å². The van der Waals surface area contributed by atoms with Crippen LogP contribution in [0.4, 0.5) is 11.5 Å². The summed E-state index contributed by atoms with van der Waals surface area (Å²) in [7, 11) is -3.66. The molecule has 1 aromatic carbocycles. The third-order valence-corrected chi connectivity index (χ3v) is 5.41. The Morgan fingerprint density at radius 2 is 1.88 bits per heavy atom. The standard InChI is InChI=1S/C18H22N4O3S/c19-26(24,25)16-7-4-13(5-8-16)10-11-20-17-9-6-15(12-21-17)22-18(23)14-2-1-3-14/h4-9,12,14H,1-3,10-11H2,(H,20,21)(H,22,23)(H2,19,24,25). The highest BCUT2D eigenvalue weighted by Crippen LogP contribution is 2.27. The second-order valence-corrected chi connectivity index (χ2v) is 7.98. The molecule has 4 N–H and O–H groups in total. The number of nitrogens with one attached hydrogen (secondary N) is 2. The number of hydrogen-bond donors (Lipinski definition) is 3. The molecule has 1 aliphatic rings. The number of hydrogen-bond acceptors (Lipinski definition) is 5. The molecule has 26 heavy (non-hydrogen) atoms. The van der Waals surface area contributed by atoms with E-state index >= 15 is 0 Å². The molecule has 1 fully saturated rings. The molecule has 0 atom stereocenters. The summed E-state index contributed by atoms with van der Waals surface area (Å²) in [5.41, 5.74) is 1.69. The zero-order chi connectivity index (χ0) is 18.6. The predicted octanol–water partition coefficient (Wildman–Crippen LogP) is 2.12. The summed E-state index contributed by atoms with van der Waals surface area (Å²) < 4.78 is 22.5. The van der Waals surface area contributed by atoms with Gasteiger partial charge < -0.3 is 10.6 Å². The highest BCUT2D eigenvalue weighted by Gasteiger charge is 2.25. The number of nitrogens with zero attached hydrogens (tertiary/aromatic N) is 1. The normalized spacial score (nSPS) is 14.5. The van der Waals surface area contributed by atoms with Crippen molar-refractivity contribution in [3.63, 3.8) is 0 Å². The second kappa shape index (κ2) is 7.84. The van der Waals surface area contributed by atoms with E-state index in [9.17, 15) is 13.2 Å². The third kappa shape index (κ3) is 4.80. The van der Waals surface area contributed by atoms with E-state index in [0.29, 0.717) is 24.5 Å². The van der Waals surface area contributed by atoms with Crippen LogP contribution in [0, 0.1) is 5.92 Å². The van der Waals surface area contributed by atoms with Crippen LogP contribution in [0.25, 0.3) is 0 Å². The maximum atomic E-state index is 11.9. The molecule has 0 aliphatic heterocycles. The van der Waals surface area contributed by atoms with Gasteiger partial charge in [0.1, 0.15) is 5.82 Å². The van der Waals surface area contributed by atoms with Gasteiger partial charge in [0.25, 0.3) is 0 Å². The Morgan fingerprint density at radius 3 is 2.42 bits per heavy atom. The lowest BCUT2D eigenvalue weighted by atomic mass is 9.85. The number of amides is 1. The Bertz CT molecular complexity index is 860. The Balaban J connectivity index is 1.46. The Hall–Kier alpha value is -2.45. The van der Waals surface area contributed by atoms with E-state index in [0.717, 1.165) is 24.8 Å². The van der Waals surface area contributed by atoms with Crippen LogP contribution in [0.3, 0.4) is 0 Å². The number of nitrogens with two attached hydrogens (primary N) is 1. The number of sulfonamides is 1. The van der Waals surface area contributed by atoms with E-state index in [1.54, 1.807) is 18.3 Å². The van der Waals surface area contributed by atoms with Gasteiger partial charge in [-0.25, -0.2) is 18.5 Å². The highest BCUT2D eigenvalue weighted by atomic mass is 32.2. The number of carbonyl (C=O) groups excluding carboxylic acids is 1. The van der Waals surface area contributed by atoms with Crippen molar-refractivity contribution >= 4 is 27.4 Å². The van der Waals surface area contributed by atoms with Crippen LogP contribution in [0.2, 0.25) is 0 Å². The Kier molecular flexibility index (Phi) is 5.53. The molecule has 1 aliphatic carbocycles. The van der Waals surface area contributed by atoms with Gasteiger partial charge in [-0.15, -0.1) is 0 Å². The number of rotatable bonds is 7. The molecule has 138 valence electrons. The lowest BCUT2D eigenvalue weighted by molar-refractivity contribution is -0.122. The van der Waals surface area contributed by atoms with E-state index in [1.807, 2.05) is 12.1 Å². The fourth-order valence-corrected chi connectivity index (χ4v) is 3.18. The molecule has 2 aromatic rings. The minimum atomic E-state index is -3.66. The van der Waals surface area contributed by atoms with Gasteiger partial charge in [0.05, 0.1) is 16.8 Å². The maximum absolute atomic E-state index is 11.9. The zero-order valence-electron chi connectivity index (χ0n) is 14.3. The second-order valence-electron chi connectivity index (χ2n) is 6.41. The minimum Gasteiger partial charge on any atom is -0.370 e. The van der Waals surface area contributed by atoms with Crippen molar-refractivity contribution in [2.24, 2.45) is 11.1 Å². The molecule has 7 nitrogen and oxygen atoms in total. The largest absolute Gasteiger partial charge is 0.370 e. The molecular weight excluding hydrogens is 352 g/mol. The zero-order valence-corrected chi connectivity index (χ0v) is 15.1. The first-order chi connectivity index (χ1) is 12.4. The Morgan fingerprint density at radius 1 is 1.15 bits per heavy atom. The molecule has 0 radical (unpaired) electrons. The van der Waals surface area contributed by atoms with Crippen molar-refractivity contribution in [2.75, 3.05) is 17.2 Å². The van der Waals surface area contributed by atoms with E-state index in [1.165, 1.54) is 12.1 Å². The topological polar surface area (TPSA) is 114 Å². The third-order valence-electron chi connectivity index (χ3n) is 4.48. The summed E-state index contributed by atoms with van der Waals surface area (Å²) in [6.07, 6.45) is 5.42. The van der Waals surface area contributed by atoms with Gasteiger partial charge >= 0.3 is 0 Å². The van der Waals surface area contributed by atoms with Crippen molar-refractivity contribution in [1.29, 1.82) is 0 Å². The van der Waals surface area contributed by atoms with Crippen LogP contribution in [0.1, 0.15) is 24.8 Å². The van der Waals surface area contributed by atoms with Gasteiger partial charge in [0.2, 0.25) is 15.9 Å². The molecule has 0 spiro atoms. The minimum absolute atomic E-state index is 0.0710. The van der Waals surface area contributed by atoms with Crippen LogP contribution in [0.5, 0.6) is 0 Å². The fraction of sp³-hybridized carbons (Fsp3) is 0.333. The SMILES string of the molecule is NS(=O)(=O)c1ccc(CCNc2ccc(NC(=O)C3CCC3)cn2)cc1. The van der Waals surface area contributed by atoms with Crippen LogP contribution < -0.4 is 15.8 Å². The molecule has 1 saturated carbocycles. The molecule has 1 aromatic heterocycles. The van der Waals surface area contributed by atoms with Gasteiger partial charge in [-0.1, -0.05) is 18.6 Å². The van der Waals surface area contributed by atoms with Gasteiger partial charge in [-0.05, 0) is 49.1 Å². The number of primary sulfonamides is 1. The molecule has 1 heterocycles. The van der Waals surface area contributed by atoms with Crippen molar-refractivity contribution in [1.82, 2.24) is 4.98 Å². The number of benzene rings is 1. The number of aromatic nitrogens is 1. The van der Waals surface area contributed by atoms with Crippen molar-refractivity contribution in [3.05, 3.63) is 48.2 Å². The first-order valence-corrected chi connectivity index (χ1v) is 10.1. The monoisotopic (exact) mass is 374 g/mol. The molecule has 0 unspecified atom stereocenters. The van der Waals surface area contributed by atoms with Gasteiger partial charge in [0.15, 0.2) is 0 Å². The average Bonchev–Trinajstić information content (AvgIpc) is 2.54. The molecule has 8 heteroatoms. The van der Waals surface area contributed by atoms with Gasteiger partial charge in [0, 0.05) is 12.5 Å². The number of carbonyl (C=O) groups is 1. The first-order valence-electron chi connectivity index (χ1n) is 8.54. The molecule has 3 rings (SSSR count). The summed E-state index contributed by atoms with van der Waals surface area (Å²) in [6, 6.07) is 10.1. The molecule has 0 saturated heterocycles. The van der Waals surface area contributed by atoms with Gasteiger partial charge in [-0.3, -0.25) is 4.79 Å². The summed E-state index contributed by atoms with van der Waals surface area (Å²) in [6.45, 7) is 0.648. The summed E-state index contributed by atoms with van der Waals surface area (Å²) in [5, 5.41) is 11.2. The van der Waals surface area contributed by atoms with E-state index in [2.05, 4.69) is 15.6 Å². The average molecular weight is 374 g/mol. The van der Waals surface area contributed by atoms with Gasteiger partial charge in [-0.2, -0.15) is 0 Å². The highest BCUT2D eigenvalue weighted by molar-refractivity contribution is 7.89. The predicted molar refractivity (Wildman–Crippen MR) is 100 cm³/mol. The quantitative estimate of drug-likeness (QED) is 0.687. The smallest absolute Gasteiger partial charge is 0.238 e. The number of pyridine rings is 1. The lowest BCUT2D eigenvalue weighted by Gasteiger charge is -2.23. The van der Waals surface area contributed by atoms with Crippen LogP contribution >= 0.6 is 0 Å². The summed E-state index contributed by atoms with van der Waals surface area (Å²) >= 11 is 0. The summed E-state index contributed by atoms with van der Waals surface area (Å²) in [4.78, 5) is 16.3.